The Morgan fingerprint density at radius 3 is 2.57 bits per heavy atom. The summed E-state index contributed by atoms with van der Waals surface area (Å²) in [6, 6.07) is 12.5. The van der Waals surface area contributed by atoms with E-state index in [0.717, 1.165) is 5.56 Å². The highest BCUT2D eigenvalue weighted by Crippen LogP contribution is 2.57. The van der Waals surface area contributed by atoms with Crippen LogP contribution in [0, 0.1) is 12.3 Å². The topological polar surface area (TPSA) is 102 Å². The number of hydrogen-bond donors (Lipinski definition) is 2. The van der Waals surface area contributed by atoms with Crippen LogP contribution < -0.4 is 16.0 Å². The van der Waals surface area contributed by atoms with Crippen LogP contribution in [0.25, 0.3) is 0 Å². The fraction of sp³-hybridized carbons (Fsp3) is 0.296. The Morgan fingerprint density at radius 2 is 1.89 bits per heavy atom. The van der Waals surface area contributed by atoms with Gasteiger partial charge in [-0.25, -0.2) is 4.79 Å². The molecule has 2 aliphatic heterocycles. The zero-order chi connectivity index (χ0) is 25.3. The molecule has 5 rings (SSSR count). The minimum Gasteiger partial charge on any atom is -0.466 e. The Bertz CT molecular complexity index is 1390. The number of aryl methyl sites for hydroxylation is 1. The lowest BCUT2D eigenvalue weighted by atomic mass is 9.60. The quantitative estimate of drug-likeness (QED) is 0.606. The van der Waals surface area contributed by atoms with E-state index in [1.165, 1.54) is 7.11 Å². The summed E-state index contributed by atoms with van der Waals surface area (Å²) < 4.78 is 5.16. The van der Waals surface area contributed by atoms with Crippen LogP contribution in [0.2, 0.25) is 5.02 Å². The molecule has 7 nitrogen and oxygen atoms in total. The largest absolute Gasteiger partial charge is 0.466 e. The lowest BCUT2D eigenvalue weighted by molar-refractivity contribution is -0.138. The fourth-order valence-corrected chi connectivity index (χ4v) is 5.85. The van der Waals surface area contributed by atoms with Gasteiger partial charge in [0.15, 0.2) is 5.78 Å². The van der Waals surface area contributed by atoms with E-state index >= 15 is 0 Å². The molecular formula is C27H26ClN3O4. The van der Waals surface area contributed by atoms with Crippen LogP contribution in [0.15, 0.2) is 65.1 Å². The molecule has 0 saturated heterocycles. The molecule has 1 atom stereocenters. The molecule has 0 saturated carbocycles. The summed E-state index contributed by atoms with van der Waals surface area (Å²) in [6.07, 6.45) is 0.686. The number of esters is 1. The van der Waals surface area contributed by atoms with E-state index in [1.807, 2.05) is 32.9 Å². The third-order valence-corrected chi connectivity index (χ3v) is 7.23. The van der Waals surface area contributed by atoms with Crippen molar-refractivity contribution < 1.29 is 19.1 Å². The predicted octanol–water partition coefficient (Wildman–Crippen LogP) is 4.35. The first-order chi connectivity index (χ1) is 16.5. The number of halogens is 1. The first-order valence-corrected chi connectivity index (χ1v) is 11.7. The third-order valence-electron chi connectivity index (χ3n) is 6.99. The molecule has 3 N–H and O–H groups in total. The van der Waals surface area contributed by atoms with E-state index in [9.17, 15) is 14.4 Å². The lowest BCUT2D eigenvalue weighted by Gasteiger charge is -2.47. The average Bonchev–Trinajstić information content (AvgIpc) is 3.04. The second-order valence-corrected chi connectivity index (χ2v) is 10.5. The van der Waals surface area contributed by atoms with E-state index in [1.54, 1.807) is 35.2 Å². The number of methoxy groups -OCH3 is 1. The lowest BCUT2D eigenvalue weighted by Crippen LogP contribution is -2.54. The molecule has 0 aromatic heterocycles. The number of nitrogens with one attached hydrogen (secondary N) is 1. The zero-order valence-corrected chi connectivity index (χ0v) is 20.7. The number of benzene rings is 2. The van der Waals surface area contributed by atoms with Gasteiger partial charge in [-0.3, -0.25) is 14.5 Å². The van der Waals surface area contributed by atoms with E-state index in [2.05, 4.69) is 5.32 Å². The molecule has 2 aromatic rings. The van der Waals surface area contributed by atoms with E-state index in [4.69, 9.17) is 22.1 Å². The van der Waals surface area contributed by atoms with Crippen LogP contribution >= 0.6 is 11.6 Å². The van der Waals surface area contributed by atoms with Crippen molar-refractivity contribution in [1.29, 1.82) is 0 Å². The minimum atomic E-state index is -1.71. The molecule has 8 heteroatoms. The van der Waals surface area contributed by atoms with Crippen LogP contribution in [-0.2, 0) is 24.5 Å². The van der Waals surface area contributed by atoms with Crippen LogP contribution in [0.3, 0.4) is 0 Å². The molecule has 0 radical (unpaired) electrons. The summed E-state index contributed by atoms with van der Waals surface area (Å²) in [5, 5.41) is 3.36. The monoisotopic (exact) mass is 491 g/mol. The molecule has 1 unspecified atom stereocenters. The zero-order valence-electron chi connectivity index (χ0n) is 20.0. The summed E-state index contributed by atoms with van der Waals surface area (Å²) in [4.78, 5) is 43.0. The maximum Gasteiger partial charge on any atom is 0.339 e. The van der Waals surface area contributed by atoms with Crippen molar-refractivity contribution in [2.75, 3.05) is 17.3 Å². The van der Waals surface area contributed by atoms with E-state index in [-0.39, 0.29) is 34.6 Å². The molecule has 3 aliphatic rings. The van der Waals surface area contributed by atoms with Gasteiger partial charge < -0.3 is 15.8 Å². The van der Waals surface area contributed by atoms with Crippen molar-refractivity contribution in [2.45, 2.75) is 39.0 Å². The predicted molar refractivity (Wildman–Crippen MR) is 134 cm³/mol. The minimum absolute atomic E-state index is 0.0351. The van der Waals surface area contributed by atoms with Gasteiger partial charge in [0, 0.05) is 39.7 Å². The van der Waals surface area contributed by atoms with Gasteiger partial charge in [0.1, 0.15) is 16.8 Å². The highest BCUT2D eigenvalue weighted by Gasteiger charge is 2.62. The van der Waals surface area contributed by atoms with Gasteiger partial charge in [-0.05, 0) is 43.0 Å². The molecule has 180 valence electrons. The highest BCUT2D eigenvalue weighted by atomic mass is 35.5. The van der Waals surface area contributed by atoms with Crippen LogP contribution in [-0.4, -0.2) is 24.8 Å². The summed E-state index contributed by atoms with van der Waals surface area (Å²) in [5.41, 5.74) is 7.97. The van der Waals surface area contributed by atoms with Crippen LogP contribution in [0.1, 0.15) is 37.8 Å². The Hall–Kier alpha value is -3.58. The number of ketones is 1. The number of anilines is 2. The van der Waals surface area contributed by atoms with Crippen molar-refractivity contribution in [1.82, 2.24) is 0 Å². The van der Waals surface area contributed by atoms with Gasteiger partial charge in [-0.1, -0.05) is 49.2 Å². The molecule has 0 bridgehead atoms. The van der Waals surface area contributed by atoms with E-state index in [0.29, 0.717) is 34.1 Å². The number of ether oxygens (including phenoxy) is 1. The number of Topliss-reactive ketones (excluding diaryl/α,β-unsaturated/α-hetero) is 1. The van der Waals surface area contributed by atoms with Gasteiger partial charge in [0.25, 0.3) is 0 Å². The molecule has 35 heavy (non-hydrogen) atoms. The maximum absolute atomic E-state index is 13.9. The Labute approximate surface area is 208 Å². The molecule has 0 fully saturated rings. The van der Waals surface area contributed by atoms with Crippen molar-refractivity contribution in [3.05, 3.63) is 81.3 Å². The molecule has 2 aromatic carbocycles. The second-order valence-electron chi connectivity index (χ2n) is 10.1. The van der Waals surface area contributed by atoms with E-state index < -0.39 is 17.3 Å². The van der Waals surface area contributed by atoms with Crippen LogP contribution in [0.4, 0.5) is 11.4 Å². The number of carbonyl (C=O) groups is 3. The summed E-state index contributed by atoms with van der Waals surface area (Å²) >= 11 is 6.30. The smallest absolute Gasteiger partial charge is 0.339 e. The molecule has 1 spiro atoms. The number of amides is 1. The number of rotatable bonds is 2. The molecular weight excluding hydrogens is 466 g/mol. The number of carbonyl (C=O) groups excluding carboxylic acids is 3. The number of nitrogens with zero attached hydrogens (tertiary/aromatic N) is 1. The number of hydrogen-bond acceptors (Lipinski definition) is 6. The first kappa shape index (κ1) is 23.2. The Morgan fingerprint density at radius 1 is 1.14 bits per heavy atom. The molecule has 1 amide bonds. The van der Waals surface area contributed by atoms with Gasteiger partial charge in [-0.15, -0.1) is 0 Å². The van der Waals surface area contributed by atoms with Crippen LogP contribution in [0.5, 0.6) is 0 Å². The standard InChI is InChI=1S/C27H26ClN3O4/c1-14-8-9-18-17(10-14)27(25(34)30-18)21-19(12-26(2,3)13-20(21)32)31(16-7-5-6-15(28)11-16)23(29)22(27)24(33)35-4/h5-11H,12-13,29H2,1-4H3,(H,30,34). The van der Waals surface area contributed by atoms with Gasteiger partial charge in [0.05, 0.1) is 7.11 Å². The average molecular weight is 492 g/mol. The Kier molecular flexibility index (Phi) is 5.11. The first-order valence-electron chi connectivity index (χ1n) is 11.3. The van der Waals surface area contributed by atoms with Crippen molar-refractivity contribution in [3.63, 3.8) is 0 Å². The summed E-state index contributed by atoms with van der Waals surface area (Å²) in [7, 11) is 1.24. The van der Waals surface area contributed by atoms with Gasteiger partial charge >= 0.3 is 5.97 Å². The number of fused-ring (bicyclic) bond motifs is 3. The van der Waals surface area contributed by atoms with Gasteiger partial charge in [0.2, 0.25) is 5.91 Å². The second kappa shape index (κ2) is 7.71. The fourth-order valence-electron chi connectivity index (χ4n) is 5.66. The Balaban J connectivity index is 1.94. The van der Waals surface area contributed by atoms with Crippen molar-refractivity contribution >= 4 is 40.6 Å². The summed E-state index contributed by atoms with van der Waals surface area (Å²) in [6.45, 7) is 5.89. The van der Waals surface area contributed by atoms with Gasteiger partial charge in [-0.2, -0.15) is 0 Å². The summed E-state index contributed by atoms with van der Waals surface area (Å²) in [5.74, 6) is -1.44. The number of allylic oxidation sites excluding steroid dienone is 1. The SMILES string of the molecule is COC(=O)C1=C(N)N(c2cccc(Cl)c2)C2=C(C(=O)CC(C)(C)C2)C12C(=O)Nc1ccc(C)cc12. The maximum atomic E-state index is 13.9. The normalized spacial score (nSPS) is 22.8. The molecule has 1 aliphatic carbocycles. The third kappa shape index (κ3) is 3.22. The number of nitrogens with two attached hydrogens (primary N) is 1. The van der Waals surface area contributed by atoms with Crippen molar-refractivity contribution in [3.8, 4) is 0 Å². The highest BCUT2D eigenvalue weighted by molar-refractivity contribution is 6.31. The van der Waals surface area contributed by atoms with Crippen molar-refractivity contribution in [2.24, 2.45) is 11.1 Å². The molecule has 2 heterocycles.